The van der Waals surface area contributed by atoms with Crippen LogP contribution in [0, 0.1) is 0 Å². The topological polar surface area (TPSA) is 49.6 Å². The summed E-state index contributed by atoms with van der Waals surface area (Å²) in [6, 6.07) is 9.85. The molecule has 2 rings (SSSR count). The Morgan fingerprint density at radius 1 is 1.33 bits per heavy atom. The molecule has 4 nitrogen and oxygen atoms in total. The van der Waals surface area contributed by atoms with Crippen LogP contribution in [0.5, 0.6) is 0 Å². The minimum absolute atomic E-state index is 0.0388. The number of hydrogen-bond donors (Lipinski definition) is 1. The summed E-state index contributed by atoms with van der Waals surface area (Å²) in [5, 5.41) is 0. The molecule has 1 saturated heterocycles. The highest BCUT2D eigenvalue weighted by atomic mass is 16.2. The van der Waals surface area contributed by atoms with E-state index in [1.54, 1.807) is 6.92 Å². The van der Waals surface area contributed by atoms with Gasteiger partial charge in [0, 0.05) is 19.6 Å². The van der Waals surface area contributed by atoms with Gasteiger partial charge in [-0.3, -0.25) is 4.79 Å². The van der Waals surface area contributed by atoms with Gasteiger partial charge in [-0.05, 0) is 19.5 Å². The summed E-state index contributed by atoms with van der Waals surface area (Å²) in [6.45, 7) is 4.27. The molecule has 0 spiro atoms. The zero-order valence-corrected chi connectivity index (χ0v) is 11.0. The maximum Gasteiger partial charge on any atom is 0.239 e. The molecule has 1 amide bonds. The van der Waals surface area contributed by atoms with Gasteiger partial charge < -0.3 is 15.5 Å². The number of carbonyl (C=O) groups excluding carboxylic acids is 1. The molecule has 1 aliphatic rings. The fourth-order valence-corrected chi connectivity index (χ4v) is 2.41. The lowest BCUT2D eigenvalue weighted by Gasteiger charge is -2.41. The fourth-order valence-electron chi connectivity index (χ4n) is 2.41. The van der Waals surface area contributed by atoms with E-state index in [0.29, 0.717) is 0 Å². The SMILES string of the molecule is C[C@@H](N)C(=O)N1CCN(C)C[C@H]1c1ccccc1. The molecule has 1 heterocycles. The number of rotatable bonds is 2. The molecule has 2 N–H and O–H groups in total. The van der Waals surface area contributed by atoms with Crippen LogP contribution in [0.1, 0.15) is 18.5 Å². The van der Waals surface area contributed by atoms with Crippen molar-refractivity contribution in [3.05, 3.63) is 35.9 Å². The van der Waals surface area contributed by atoms with E-state index in [-0.39, 0.29) is 11.9 Å². The van der Waals surface area contributed by atoms with Crippen molar-refractivity contribution >= 4 is 5.91 Å². The lowest BCUT2D eigenvalue weighted by atomic mass is 10.0. The van der Waals surface area contributed by atoms with Gasteiger partial charge in [0.05, 0.1) is 12.1 Å². The van der Waals surface area contributed by atoms with E-state index in [9.17, 15) is 4.79 Å². The van der Waals surface area contributed by atoms with Crippen molar-refractivity contribution < 1.29 is 4.79 Å². The molecule has 0 aromatic heterocycles. The maximum atomic E-state index is 12.2. The van der Waals surface area contributed by atoms with Crippen LogP contribution >= 0.6 is 0 Å². The maximum absolute atomic E-state index is 12.2. The van der Waals surface area contributed by atoms with Crippen molar-refractivity contribution in [3.8, 4) is 0 Å². The highest BCUT2D eigenvalue weighted by Gasteiger charge is 2.31. The molecule has 0 saturated carbocycles. The molecule has 1 fully saturated rings. The fraction of sp³-hybridized carbons (Fsp3) is 0.500. The van der Waals surface area contributed by atoms with E-state index < -0.39 is 6.04 Å². The normalized spacial score (nSPS) is 22.8. The average molecular weight is 247 g/mol. The summed E-state index contributed by atoms with van der Waals surface area (Å²) >= 11 is 0. The number of carbonyl (C=O) groups is 1. The molecular weight excluding hydrogens is 226 g/mol. The first kappa shape index (κ1) is 13.1. The van der Waals surface area contributed by atoms with Crippen molar-refractivity contribution in [1.82, 2.24) is 9.80 Å². The number of amides is 1. The lowest BCUT2D eigenvalue weighted by Crippen LogP contribution is -2.53. The predicted octanol–water partition coefficient (Wildman–Crippen LogP) is 0.849. The van der Waals surface area contributed by atoms with Gasteiger partial charge in [-0.1, -0.05) is 30.3 Å². The number of nitrogens with two attached hydrogens (primary N) is 1. The number of likely N-dealkylation sites (N-methyl/N-ethyl adjacent to an activating group) is 1. The Morgan fingerprint density at radius 3 is 2.61 bits per heavy atom. The summed E-state index contributed by atoms with van der Waals surface area (Å²) in [7, 11) is 2.09. The van der Waals surface area contributed by atoms with E-state index >= 15 is 0 Å². The second-order valence-corrected chi connectivity index (χ2v) is 5.01. The summed E-state index contributed by atoms with van der Waals surface area (Å²) in [5.74, 6) is 0.0388. The van der Waals surface area contributed by atoms with E-state index in [0.717, 1.165) is 19.6 Å². The van der Waals surface area contributed by atoms with Gasteiger partial charge in [-0.15, -0.1) is 0 Å². The standard InChI is InChI=1S/C14H21N3O/c1-11(15)14(18)17-9-8-16(2)10-13(17)12-6-4-3-5-7-12/h3-7,11,13H,8-10,15H2,1-2H3/t11-,13+/m1/s1. The van der Waals surface area contributed by atoms with Crippen LogP contribution < -0.4 is 5.73 Å². The zero-order valence-electron chi connectivity index (χ0n) is 11.0. The van der Waals surface area contributed by atoms with Gasteiger partial charge in [-0.25, -0.2) is 0 Å². The molecule has 2 atom stereocenters. The van der Waals surface area contributed by atoms with Gasteiger partial charge in [0.15, 0.2) is 0 Å². The third-order valence-corrected chi connectivity index (χ3v) is 3.44. The molecule has 1 aromatic rings. The number of hydrogen-bond acceptors (Lipinski definition) is 3. The van der Waals surface area contributed by atoms with Crippen molar-refractivity contribution in [1.29, 1.82) is 0 Å². The Bertz CT molecular complexity index is 405. The van der Waals surface area contributed by atoms with Crippen LogP contribution in [-0.4, -0.2) is 48.4 Å². The second kappa shape index (κ2) is 5.50. The average Bonchev–Trinajstić information content (AvgIpc) is 2.39. The van der Waals surface area contributed by atoms with Gasteiger partial charge in [0.1, 0.15) is 0 Å². The van der Waals surface area contributed by atoms with Crippen LogP contribution in [0.25, 0.3) is 0 Å². The highest BCUT2D eigenvalue weighted by molar-refractivity contribution is 5.81. The molecule has 0 unspecified atom stereocenters. The largest absolute Gasteiger partial charge is 0.332 e. The van der Waals surface area contributed by atoms with Crippen LogP contribution in [-0.2, 0) is 4.79 Å². The molecule has 1 aromatic carbocycles. The number of benzene rings is 1. The van der Waals surface area contributed by atoms with Crippen LogP contribution in [0.4, 0.5) is 0 Å². The van der Waals surface area contributed by atoms with Crippen molar-refractivity contribution in [2.75, 3.05) is 26.7 Å². The molecule has 4 heteroatoms. The van der Waals surface area contributed by atoms with Gasteiger partial charge in [0.25, 0.3) is 0 Å². The first-order valence-electron chi connectivity index (χ1n) is 6.39. The Morgan fingerprint density at radius 2 is 2.00 bits per heavy atom. The van der Waals surface area contributed by atoms with Gasteiger partial charge in [-0.2, -0.15) is 0 Å². The van der Waals surface area contributed by atoms with E-state index in [2.05, 4.69) is 24.1 Å². The third kappa shape index (κ3) is 2.71. The molecule has 0 radical (unpaired) electrons. The zero-order chi connectivity index (χ0) is 13.1. The Hall–Kier alpha value is -1.39. The minimum atomic E-state index is -0.431. The van der Waals surface area contributed by atoms with Crippen molar-refractivity contribution in [2.24, 2.45) is 5.73 Å². The quantitative estimate of drug-likeness (QED) is 0.843. The van der Waals surface area contributed by atoms with Gasteiger partial charge in [0.2, 0.25) is 5.91 Å². The van der Waals surface area contributed by atoms with E-state index in [1.165, 1.54) is 5.56 Å². The van der Waals surface area contributed by atoms with Crippen LogP contribution in [0.2, 0.25) is 0 Å². The predicted molar refractivity (Wildman–Crippen MR) is 72.0 cm³/mol. The molecule has 0 aliphatic carbocycles. The van der Waals surface area contributed by atoms with E-state index in [4.69, 9.17) is 5.73 Å². The molecule has 1 aliphatic heterocycles. The van der Waals surface area contributed by atoms with Crippen molar-refractivity contribution in [2.45, 2.75) is 19.0 Å². The van der Waals surface area contributed by atoms with Crippen molar-refractivity contribution in [3.63, 3.8) is 0 Å². The summed E-state index contributed by atoms with van der Waals surface area (Å²) in [5.41, 5.74) is 6.92. The smallest absolute Gasteiger partial charge is 0.239 e. The lowest BCUT2D eigenvalue weighted by molar-refractivity contribution is -0.137. The monoisotopic (exact) mass is 247 g/mol. The van der Waals surface area contributed by atoms with Gasteiger partial charge >= 0.3 is 0 Å². The summed E-state index contributed by atoms with van der Waals surface area (Å²) < 4.78 is 0. The third-order valence-electron chi connectivity index (χ3n) is 3.44. The van der Waals surface area contributed by atoms with Crippen LogP contribution in [0.15, 0.2) is 30.3 Å². The summed E-state index contributed by atoms with van der Waals surface area (Å²) in [6.07, 6.45) is 0. The molecule has 0 bridgehead atoms. The molecule has 18 heavy (non-hydrogen) atoms. The summed E-state index contributed by atoms with van der Waals surface area (Å²) in [4.78, 5) is 16.3. The Balaban J connectivity index is 2.24. The number of piperazine rings is 1. The molecular formula is C14H21N3O. The minimum Gasteiger partial charge on any atom is -0.332 e. The highest BCUT2D eigenvalue weighted by Crippen LogP contribution is 2.25. The first-order chi connectivity index (χ1) is 8.59. The van der Waals surface area contributed by atoms with Crippen LogP contribution in [0.3, 0.4) is 0 Å². The second-order valence-electron chi connectivity index (χ2n) is 5.01. The Labute approximate surface area is 108 Å². The first-order valence-corrected chi connectivity index (χ1v) is 6.39. The molecule has 98 valence electrons. The number of nitrogens with zero attached hydrogens (tertiary/aromatic N) is 2. The van der Waals surface area contributed by atoms with E-state index in [1.807, 2.05) is 23.1 Å². The Kier molecular flexibility index (Phi) is 3.99.